The standard InChI is InChI=1S/C41H39ClN2O5/c1-2-26(21-27-14-19-32(45)23-36(27)42)13-20-37-38-28(24-48-33-11-7-4-8-12-33)22-34-39(35(38)25-49-37)41(47)44(40(34)46)31-17-15-30(16-18-31)43-29-9-5-3-6-10-29/h3-12,14-19,21,23,34-35,37,39,43,45H,2,13,20,22,24-25H2,1H3/b26-21+/t34-,35+,37-,39-/m1/s1. The number of hydrogen-bond acceptors (Lipinski definition) is 6. The third-order valence-corrected chi connectivity index (χ3v) is 10.2. The van der Waals surface area contributed by atoms with Gasteiger partial charge in [-0.25, -0.2) is 0 Å². The van der Waals surface area contributed by atoms with E-state index in [2.05, 4.69) is 18.3 Å². The number of carbonyl (C=O) groups is 2. The molecular weight excluding hydrogens is 636 g/mol. The fraction of sp³-hybridized carbons (Fsp3) is 0.268. The number of phenolic OH excluding ortho intramolecular Hbond substituents is 1. The van der Waals surface area contributed by atoms with Crippen LogP contribution in [0.15, 0.2) is 120 Å². The molecule has 2 aliphatic heterocycles. The smallest absolute Gasteiger partial charge is 0.238 e. The summed E-state index contributed by atoms with van der Waals surface area (Å²) in [6, 6.07) is 32.0. The van der Waals surface area contributed by atoms with E-state index in [-0.39, 0.29) is 29.6 Å². The SMILES string of the molecule is CC/C(=C\c1ccc(O)cc1Cl)CC[C@H]1OC[C@H]2C1=C(COc1ccccc1)C[C@H]1C(=O)N(c3ccc(Nc4ccccc4)cc3)C(=O)[C@H]12. The zero-order valence-corrected chi connectivity index (χ0v) is 28.1. The molecule has 8 heteroatoms. The van der Waals surface area contributed by atoms with Gasteiger partial charge in [-0.15, -0.1) is 0 Å². The molecule has 2 saturated heterocycles. The maximum absolute atomic E-state index is 14.2. The van der Waals surface area contributed by atoms with Gasteiger partial charge in [0.05, 0.1) is 35.3 Å². The van der Waals surface area contributed by atoms with Gasteiger partial charge in [0.25, 0.3) is 0 Å². The molecule has 2 amide bonds. The number of benzene rings is 4. The molecule has 1 aliphatic carbocycles. The molecule has 4 aromatic rings. The average Bonchev–Trinajstić information content (AvgIpc) is 3.65. The van der Waals surface area contributed by atoms with Gasteiger partial charge in [-0.2, -0.15) is 0 Å². The van der Waals surface area contributed by atoms with Gasteiger partial charge in [0.1, 0.15) is 18.1 Å². The summed E-state index contributed by atoms with van der Waals surface area (Å²) in [6.45, 7) is 2.83. The molecule has 7 nitrogen and oxygen atoms in total. The monoisotopic (exact) mass is 674 g/mol. The second-order valence-corrected chi connectivity index (χ2v) is 13.3. The summed E-state index contributed by atoms with van der Waals surface area (Å²) >= 11 is 6.41. The predicted molar refractivity (Wildman–Crippen MR) is 193 cm³/mol. The van der Waals surface area contributed by atoms with Gasteiger partial charge in [0.15, 0.2) is 0 Å². The summed E-state index contributed by atoms with van der Waals surface area (Å²) in [4.78, 5) is 29.6. The van der Waals surface area contributed by atoms with Crippen molar-refractivity contribution in [2.24, 2.45) is 17.8 Å². The van der Waals surface area contributed by atoms with Gasteiger partial charge >= 0.3 is 0 Å². The van der Waals surface area contributed by atoms with E-state index in [0.29, 0.717) is 30.3 Å². The summed E-state index contributed by atoms with van der Waals surface area (Å²) in [6.07, 6.45) is 4.69. The average molecular weight is 675 g/mol. The Labute approximate surface area is 291 Å². The number of halogens is 1. The first-order valence-corrected chi connectivity index (χ1v) is 17.3. The number of hydrogen-bond donors (Lipinski definition) is 2. The van der Waals surface area contributed by atoms with Crippen LogP contribution in [0.3, 0.4) is 0 Å². The van der Waals surface area contributed by atoms with Gasteiger partial charge in [-0.05, 0) is 109 Å². The van der Waals surface area contributed by atoms with Crippen molar-refractivity contribution in [1.29, 1.82) is 0 Å². The number of para-hydroxylation sites is 2. The van der Waals surface area contributed by atoms with Crippen LogP contribution in [0.5, 0.6) is 11.5 Å². The second-order valence-electron chi connectivity index (χ2n) is 12.9. The molecule has 0 saturated carbocycles. The number of imide groups is 1. The lowest BCUT2D eigenvalue weighted by atomic mass is 9.69. The van der Waals surface area contributed by atoms with Crippen molar-refractivity contribution in [3.63, 3.8) is 0 Å². The molecule has 0 unspecified atom stereocenters. The first-order chi connectivity index (χ1) is 23.9. The van der Waals surface area contributed by atoms with Crippen molar-refractivity contribution in [1.82, 2.24) is 0 Å². The van der Waals surface area contributed by atoms with Crippen LogP contribution in [0.4, 0.5) is 17.1 Å². The molecular formula is C41H39ClN2O5. The normalized spacial score (nSPS) is 21.9. The van der Waals surface area contributed by atoms with Crippen LogP contribution in [0, 0.1) is 17.8 Å². The molecule has 3 aliphatic rings. The van der Waals surface area contributed by atoms with Gasteiger partial charge in [0.2, 0.25) is 11.8 Å². The number of aromatic hydroxyl groups is 1. The maximum Gasteiger partial charge on any atom is 0.238 e. The van der Waals surface area contributed by atoms with E-state index in [0.717, 1.165) is 53.1 Å². The van der Waals surface area contributed by atoms with E-state index in [4.69, 9.17) is 21.1 Å². The van der Waals surface area contributed by atoms with Crippen molar-refractivity contribution < 1.29 is 24.2 Å². The molecule has 4 aromatic carbocycles. The lowest BCUT2D eigenvalue weighted by molar-refractivity contribution is -0.122. The van der Waals surface area contributed by atoms with E-state index >= 15 is 0 Å². The van der Waals surface area contributed by atoms with E-state index in [9.17, 15) is 14.7 Å². The number of phenols is 1. The highest BCUT2D eigenvalue weighted by Crippen LogP contribution is 2.51. The van der Waals surface area contributed by atoms with Crippen molar-refractivity contribution >= 4 is 46.6 Å². The fourth-order valence-corrected chi connectivity index (χ4v) is 7.68. The van der Waals surface area contributed by atoms with E-state index in [1.54, 1.807) is 12.1 Å². The number of fused-ring (bicyclic) bond motifs is 3. The van der Waals surface area contributed by atoms with Gasteiger partial charge < -0.3 is 19.9 Å². The van der Waals surface area contributed by atoms with Gasteiger partial charge in [-0.3, -0.25) is 14.5 Å². The first-order valence-electron chi connectivity index (χ1n) is 16.9. The maximum atomic E-state index is 14.2. The Hall–Kier alpha value is -4.85. The molecule has 0 aromatic heterocycles. The van der Waals surface area contributed by atoms with Crippen LogP contribution in [0.1, 0.15) is 38.2 Å². The van der Waals surface area contributed by atoms with Gasteiger partial charge in [0, 0.05) is 17.3 Å². The quantitative estimate of drug-likeness (QED) is 0.122. The summed E-state index contributed by atoms with van der Waals surface area (Å²) in [5.74, 6) is -0.584. The van der Waals surface area contributed by atoms with E-state index in [1.165, 1.54) is 10.5 Å². The molecule has 0 spiro atoms. The lowest BCUT2D eigenvalue weighted by Crippen LogP contribution is -2.35. The number of allylic oxidation sites excluding steroid dienone is 1. The van der Waals surface area contributed by atoms with Crippen molar-refractivity contribution in [2.75, 3.05) is 23.4 Å². The third kappa shape index (κ3) is 6.87. The molecule has 49 heavy (non-hydrogen) atoms. The second kappa shape index (κ2) is 14.3. The minimum Gasteiger partial charge on any atom is -0.508 e. The summed E-state index contributed by atoms with van der Waals surface area (Å²) in [5.41, 5.74) is 6.63. The molecule has 7 rings (SSSR count). The van der Waals surface area contributed by atoms with E-state index < -0.39 is 11.8 Å². The first kappa shape index (κ1) is 32.7. The number of carbonyl (C=O) groups excluding carboxylic acids is 2. The zero-order valence-electron chi connectivity index (χ0n) is 27.3. The number of ether oxygens (including phenoxy) is 2. The Balaban J connectivity index is 1.13. The number of amides is 2. The van der Waals surface area contributed by atoms with Crippen molar-refractivity contribution in [2.45, 2.75) is 38.7 Å². The van der Waals surface area contributed by atoms with Gasteiger partial charge in [-0.1, -0.05) is 66.6 Å². The largest absolute Gasteiger partial charge is 0.508 e. The van der Waals surface area contributed by atoms with Crippen LogP contribution in [0.25, 0.3) is 6.08 Å². The number of rotatable bonds is 11. The molecule has 4 atom stereocenters. The summed E-state index contributed by atoms with van der Waals surface area (Å²) < 4.78 is 12.7. The number of anilines is 3. The molecule has 0 bridgehead atoms. The van der Waals surface area contributed by atoms with Crippen LogP contribution < -0.4 is 15.0 Å². The highest BCUT2D eigenvalue weighted by Gasteiger charge is 2.57. The Morgan fingerprint density at radius 2 is 1.65 bits per heavy atom. The Kier molecular flexibility index (Phi) is 9.56. The Morgan fingerprint density at radius 1 is 0.939 bits per heavy atom. The van der Waals surface area contributed by atoms with Crippen LogP contribution >= 0.6 is 11.6 Å². The Bertz CT molecular complexity index is 1890. The van der Waals surface area contributed by atoms with Crippen molar-refractivity contribution in [3.05, 3.63) is 130 Å². The lowest BCUT2D eigenvalue weighted by Gasteiger charge is -2.31. The minimum absolute atomic E-state index is 0.133. The third-order valence-electron chi connectivity index (χ3n) is 9.88. The molecule has 2 fully saturated rings. The zero-order chi connectivity index (χ0) is 33.9. The number of nitrogens with zero attached hydrogens (tertiary/aromatic N) is 1. The highest BCUT2D eigenvalue weighted by molar-refractivity contribution is 6.32. The predicted octanol–water partition coefficient (Wildman–Crippen LogP) is 8.96. The highest BCUT2D eigenvalue weighted by atomic mass is 35.5. The molecule has 250 valence electrons. The minimum atomic E-state index is -0.480. The Morgan fingerprint density at radius 3 is 2.37 bits per heavy atom. The van der Waals surface area contributed by atoms with E-state index in [1.807, 2.05) is 91.0 Å². The topological polar surface area (TPSA) is 88.1 Å². The summed E-state index contributed by atoms with van der Waals surface area (Å²) in [5, 5.41) is 13.6. The van der Waals surface area contributed by atoms with Crippen molar-refractivity contribution in [3.8, 4) is 11.5 Å². The van der Waals surface area contributed by atoms with Crippen LogP contribution in [-0.2, 0) is 14.3 Å². The fourth-order valence-electron chi connectivity index (χ4n) is 7.45. The van der Waals surface area contributed by atoms with Crippen LogP contribution in [0.2, 0.25) is 5.02 Å². The number of nitrogens with one attached hydrogen (secondary N) is 1. The molecule has 0 radical (unpaired) electrons. The molecule has 2 N–H and O–H groups in total. The summed E-state index contributed by atoms with van der Waals surface area (Å²) in [7, 11) is 0. The molecule has 2 heterocycles. The van der Waals surface area contributed by atoms with Crippen LogP contribution in [-0.4, -0.2) is 36.2 Å².